The molecule has 0 spiro atoms. The molecule has 0 aliphatic carbocycles. The molecule has 1 aromatic carbocycles. The fourth-order valence-corrected chi connectivity index (χ4v) is 2.97. The second-order valence-corrected chi connectivity index (χ2v) is 6.96. The summed E-state index contributed by atoms with van der Waals surface area (Å²) in [5.41, 5.74) is 6.64. The van der Waals surface area contributed by atoms with Crippen LogP contribution in [-0.4, -0.2) is 72.2 Å². The molecule has 5 N–H and O–H groups in total. The number of carbonyl (C=O) groups excluding carboxylic acids is 2. The molecule has 0 fully saturated rings. The molecule has 0 heterocycles. The van der Waals surface area contributed by atoms with Crippen molar-refractivity contribution in [1.82, 2.24) is 15.5 Å². The number of nitrogens with zero attached hydrogens (tertiary/aromatic N) is 1. The molecule has 8 nitrogen and oxygen atoms in total. The molecule has 0 bridgehead atoms. The van der Waals surface area contributed by atoms with Crippen LogP contribution in [0.2, 0.25) is 0 Å². The summed E-state index contributed by atoms with van der Waals surface area (Å²) in [6, 6.07) is 7.80. The summed E-state index contributed by atoms with van der Waals surface area (Å²) >= 11 is 5.33. The van der Waals surface area contributed by atoms with Crippen LogP contribution in [0, 0.1) is 0 Å². The minimum atomic E-state index is -1.20. The number of carbonyl (C=O) groups is 3. The molecule has 0 aliphatic rings. The van der Waals surface area contributed by atoms with Gasteiger partial charge < -0.3 is 26.4 Å². The largest absolute Gasteiger partial charge is 0.481 e. The maximum Gasteiger partial charge on any atom is 0.305 e. The zero-order chi connectivity index (χ0) is 21.8. The minimum absolute atomic E-state index is 0.129. The van der Waals surface area contributed by atoms with Gasteiger partial charge in [0.15, 0.2) is 0 Å². The Morgan fingerprint density at radius 1 is 1.28 bits per heavy atom. The van der Waals surface area contributed by atoms with Crippen LogP contribution < -0.4 is 16.4 Å². The van der Waals surface area contributed by atoms with Gasteiger partial charge in [-0.15, -0.1) is 0 Å². The van der Waals surface area contributed by atoms with E-state index in [1.54, 1.807) is 0 Å². The van der Waals surface area contributed by atoms with Crippen molar-refractivity contribution in [1.29, 1.82) is 0 Å². The van der Waals surface area contributed by atoms with Crippen LogP contribution in [0.4, 0.5) is 0 Å². The van der Waals surface area contributed by atoms with Gasteiger partial charge in [0.25, 0.3) is 0 Å². The van der Waals surface area contributed by atoms with Crippen LogP contribution in [0.25, 0.3) is 0 Å². The van der Waals surface area contributed by atoms with Crippen molar-refractivity contribution in [3.63, 3.8) is 0 Å². The third kappa shape index (κ3) is 9.06. The van der Waals surface area contributed by atoms with Crippen molar-refractivity contribution >= 4 is 42.8 Å². The second kappa shape index (κ2) is 12.9. The molecule has 29 heavy (non-hydrogen) atoms. The summed E-state index contributed by atoms with van der Waals surface area (Å²) < 4.78 is 0. The molecule has 156 valence electrons. The molecule has 2 radical (unpaired) electrons. The quantitative estimate of drug-likeness (QED) is 0.274. The van der Waals surface area contributed by atoms with Gasteiger partial charge in [-0.1, -0.05) is 49.5 Å². The van der Waals surface area contributed by atoms with Crippen molar-refractivity contribution < 1.29 is 19.5 Å². The number of rotatable bonds is 12. The fourth-order valence-electron chi connectivity index (χ4n) is 2.74. The van der Waals surface area contributed by atoms with Gasteiger partial charge in [-0.2, -0.15) is 0 Å². The van der Waals surface area contributed by atoms with E-state index in [0.29, 0.717) is 17.8 Å². The Morgan fingerprint density at radius 3 is 2.48 bits per heavy atom. The Balaban J connectivity index is 2.83. The Hall–Kier alpha value is -2.46. The molecule has 10 heteroatoms. The van der Waals surface area contributed by atoms with E-state index in [-0.39, 0.29) is 19.5 Å². The molecule has 0 saturated carbocycles. The number of amides is 2. The number of nitrogens with one attached hydrogen (secondary N) is 2. The van der Waals surface area contributed by atoms with Crippen LogP contribution in [0.1, 0.15) is 25.3 Å². The van der Waals surface area contributed by atoms with Crippen LogP contribution in [0.15, 0.2) is 30.3 Å². The highest BCUT2D eigenvalue weighted by Crippen LogP contribution is 2.05. The highest BCUT2D eigenvalue weighted by Gasteiger charge is 2.26. The summed E-state index contributed by atoms with van der Waals surface area (Å²) in [5, 5.41) is 14.5. The van der Waals surface area contributed by atoms with E-state index < -0.39 is 36.3 Å². The highest BCUT2D eigenvalue weighted by atomic mass is 32.1. The lowest BCUT2D eigenvalue weighted by Crippen LogP contribution is -2.53. The summed E-state index contributed by atoms with van der Waals surface area (Å²) in [7, 11) is 5.50. The Kier molecular flexibility index (Phi) is 10.9. The maximum absolute atomic E-state index is 12.6. The average molecular weight is 418 g/mol. The number of nitrogens with two attached hydrogens (primary N) is 1. The van der Waals surface area contributed by atoms with Gasteiger partial charge in [0.1, 0.15) is 0 Å². The average Bonchev–Trinajstić information content (AvgIpc) is 2.67. The molecule has 0 saturated heterocycles. The fraction of sp³-hybridized carbons (Fsp3) is 0.474. The first-order chi connectivity index (χ1) is 13.8. The smallest absolute Gasteiger partial charge is 0.305 e. The number of carboxylic acids is 1. The van der Waals surface area contributed by atoms with E-state index in [1.165, 1.54) is 4.90 Å². The maximum atomic E-state index is 12.6. The van der Waals surface area contributed by atoms with E-state index in [1.807, 2.05) is 37.3 Å². The number of aliphatic carboxylic acids is 1. The van der Waals surface area contributed by atoms with Crippen molar-refractivity contribution in [2.24, 2.45) is 5.73 Å². The number of thiocarbonyl (C=S) groups is 1. The number of hydrogen-bond donors (Lipinski definition) is 4. The Bertz CT molecular complexity index is 705. The van der Waals surface area contributed by atoms with Crippen LogP contribution in [0.5, 0.6) is 0 Å². The van der Waals surface area contributed by atoms with E-state index in [4.69, 9.17) is 30.9 Å². The first-order valence-electron chi connectivity index (χ1n) is 9.35. The molecular weight excluding hydrogens is 391 g/mol. The van der Waals surface area contributed by atoms with Crippen molar-refractivity contribution in [2.45, 2.75) is 38.3 Å². The van der Waals surface area contributed by atoms with Gasteiger partial charge in [-0.05, 0) is 24.8 Å². The van der Waals surface area contributed by atoms with E-state index in [0.717, 1.165) is 5.56 Å². The summed E-state index contributed by atoms with van der Waals surface area (Å²) in [5.74, 6) is -2.17. The third-order valence-electron chi connectivity index (χ3n) is 4.06. The van der Waals surface area contributed by atoms with Gasteiger partial charge in [-0.3, -0.25) is 14.4 Å². The molecule has 0 aromatic heterocycles. The van der Waals surface area contributed by atoms with E-state index in [9.17, 15) is 14.4 Å². The number of carboxylic acid groups (broad SMARTS) is 1. The number of hydrogen-bond acceptors (Lipinski definition) is 5. The third-order valence-corrected chi connectivity index (χ3v) is 4.49. The molecule has 0 aliphatic heterocycles. The van der Waals surface area contributed by atoms with Crippen LogP contribution >= 0.6 is 12.2 Å². The normalized spacial score (nSPS) is 12.5. The molecule has 0 unspecified atom stereocenters. The lowest BCUT2D eigenvalue weighted by Gasteiger charge is -2.26. The zero-order valence-corrected chi connectivity index (χ0v) is 17.3. The van der Waals surface area contributed by atoms with Crippen LogP contribution in [-0.2, 0) is 20.8 Å². The molecule has 1 rings (SSSR count). The minimum Gasteiger partial charge on any atom is -0.481 e. The van der Waals surface area contributed by atoms with Crippen molar-refractivity contribution in [3.05, 3.63) is 35.9 Å². The van der Waals surface area contributed by atoms with Crippen molar-refractivity contribution in [2.75, 3.05) is 19.5 Å². The summed E-state index contributed by atoms with van der Waals surface area (Å²) in [6.45, 7) is 1.89. The Morgan fingerprint density at radius 2 is 1.93 bits per heavy atom. The topological polar surface area (TPSA) is 125 Å². The Labute approximate surface area is 177 Å². The van der Waals surface area contributed by atoms with Gasteiger partial charge >= 0.3 is 5.97 Å². The van der Waals surface area contributed by atoms with E-state index >= 15 is 0 Å². The van der Waals surface area contributed by atoms with Gasteiger partial charge in [-0.25, -0.2) is 0 Å². The first-order valence-corrected chi connectivity index (χ1v) is 9.76. The van der Waals surface area contributed by atoms with Gasteiger partial charge in [0.2, 0.25) is 11.8 Å². The number of benzene rings is 1. The van der Waals surface area contributed by atoms with Crippen molar-refractivity contribution in [3.8, 4) is 0 Å². The first kappa shape index (κ1) is 24.6. The second-order valence-electron chi connectivity index (χ2n) is 6.52. The van der Waals surface area contributed by atoms with E-state index in [2.05, 4.69) is 10.6 Å². The van der Waals surface area contributed by atoms with Gasteiger partial charge in [0.05, 0.1) is 37.9 Å². The summed E-state index contributed by atoms with van der Waals surface area (Å²) in [6.07, 6.45) is 0.685. The SMILES string of the molecule is [B]CNC(=S)[C@H](Cc1ccccc1)NC(=O)CN(CCC)C(=O)[C@@H](N)CC(=O)O. The highest BCUT2D eigenvalue weighted by molar-refractivity contribution is 7.80. The lowest BCUT2D eigenvalue weighted by molar-refractivity contribution is -0.142. The molecule has 2 amide bonds. The summed E-state index contributed by atoms with van der Waals surface area (Å²) in [4.78, 5) is 37.5. The van der Waals surface area contributed by atoms with Crippen LogP contribution in [0.3, 0.4) is 0 Å². The van der Waals surface area contributed by atoms with Gasteiger partial charge in [0, 0.05) is 6.54 Å². The molecular formula is C19H27BN4O4S. The predicted molar refractivity (Wildman–Crippen MR) is 116 cm³/mol. The lowest BCUT2D eigenvalue weighted by atomic mass is 10.0. The molecule has 2 atom stereocenters. The standard InChI is InChI=1S/C19H27BN4O4S/c1-2-8-24(19(28)14(21)10-17(26)27)11-16(25)23-15(18(29)22-12-20)9-13-6-4-3-5-7-13/h3-7,14-15H,2,8-12,21H2,1H3,(H,22,29)(H,23,25)(H,26,27)/t14-,15-/m0/s1. The monoisotopic (exact) mass is 418 g/mol. The predicted octanol–water partition coefficient (Wildman–Crippen LogP) is -0.202. The molecule has 1 aromatic rings. The zero-order valence-electron chi connectivity index (χ0n) is 16.5.